The summed E-state index contributed by atoms with van der Waals surface area (Å²) in [4.78, 5) is 7.56. The van der Waals surface area contributed by atoms with Gasteiger partial charge in [0.2, 0.25) is 0 Å². The van der Waals surface area contributed by atoms with E-state index in [0.29, 0.717) is 12.1 Å². The molecule has 2 aliphatic rings. The normalized spacial score (nSPS) is 28.6. The molecule has 1 aromatic carbocycles. The zero-order valence-corrected chi connectivity index (χ0v) is 15.4. The van der Waals surface area contributed by atoms with Gasteiger partial charge in [0.15, 0.2) is 0 Å². The zero-order chi connectivity index (χ0) is 17.0. The number of fused-ring (bicyclic) bond motifs is 3. The first-order valence-electron chi connectivity index (χ1n) is 8.83. The van der Waals surface area contributed by atoms with Gasteiger partial charge in [-0.2, -0.15) is 0 Å². The van der Waals surface area contributed by atoms with Crippen LogP contribution >= 0.6 is 15.9 Å². The first-order valence-corrected chi connectivity index (χ1v) is 9.63. The lowest BCUT2D eigenvalue weighted by molar-refractivity contribution is -0.0114. The van der Waals surface area contributed by atoms with Gasteiger partial charge in [0.25, 0.3) is 0 Å². The van der Waals surface area contributed by atoms with E-state index in [9.17, 15) is 5.11 Å². The van der Waals surface area contributed by atoms with Gasteiger partial charge in [-0.15, -0.1) is 0 Å². The van der Waals surface area contributed by atoms with Crippen LogP contribution in [0.25, 0.3) is 22.2 Å². The van der Waals surface area contributed by atoms with E-state index in [0.717, 1.165) is 45.0 Å². The first-order chi connectivity index (χ1) is 12.1. The van der Waals surface area contributed by atoms with E-state index in [-0.39, 0.29) is 0 Å². The van der Waals surface area contributed by atoms with Crippen molar-refractivity contribution in [1.29, 1.82) is 0 Å². The van der Waals surface area contributed by atoms with Crippen LogP contribution < -0.4 is 5.32 Å². The second-order valence-electron chi connectivity index (χ2n) is 7.37. The molecule has 2 fully saturated rings. The van der Waals surface area contributed by atoms with Gasteiger partial charge in [-0.05, 0) is 64.4 Å². The maximum absolute atomic E-state index is 11.2. The topological polar surface area (TPSA) is 60.9 Å². The number of nitrogens with one attached hydrogen (secondary N) is 2. The third-order valence-electron chi connectivity index (χ3n) is 5.76. The number of benzene rings is 1. The lowest BCUT2D eigenvalue weighted by Gasteiger charge is -2.37. The van der Waals surface area contributed by atoms with Crippen molar-refractivity contribution in [2.75, 3.05) is 0 Å². The molecular weight excluding hydrogens is 378 g/mol. The van der Waals surface area contributed by atoms with Gasteiger partial charge in [-0.1, -0.05) is 24.3 Å². The number of aromatic nitrogens is 2. The Bertz CT molecular complexity index is 922. The van der Waals surface area contributed by atoms with Crippen molar-refractivity contribution in [2.45, 2.75) is 43.4 Å². The summed E-state index contributed by atoms with van der Waals surface area (Å²) in [5.41, 5.74) is 3.49. The molecule has 5 heteroatoms. The third kappa shape index (κ3) is 2.53. The van der Waals surface area contributed by atoms with Crippen LogP contribution in [0.4, 0.5) is 0 Å². The molecule has 2 aliphatic heterocycles. The number of piperidine rings is 1. The van der Waals surface area contributed by atoms with Crippen molar-refractivity contribution < 1.29 is 5.11 Å². The van der Waals surface area contributed by atoms with E-state index in [1.807, 2.05) is 18.5 Å². The molecule has 3 aromatic rings. The lowest BCUT2D eigenvalue weighted by Crippen LogP contribution is -2.46. The number of rotatable bonds is 2. The fraction of sp³-hybridized carbons (Fsp3) is 0.350. The van der Waals surface area contributed by atoms with E-state index in [2.05, 4.69) is 55.5 Å². The van der Waals surface area contributed by atoms with E-state index >= 15 is 0 Å². The van der Waals surface area contributed by atoms with Crippen LogP contribution in [-0.4, -0.2) is 27.2 Å². The van der Waals surface area contributed by atoms with Gasteiger partial charge in [0, 0.05) is 34.3 Å². The van der Waals surface area contributed by atoms with E-state index in [1.165, 1.54) is 12.8 Å². The SMILES string of the molecule is OC1(c2ccc(-c3ccnc4[nH]cc(Br)c34)cc2)CC2CCC(C1)N2. The predicted molar refractivity (Wildman–Crippen MR) is 102 cm³/mol. The minimum Gasteiger partial charge on any atom is -0.385 e. The Morgan fingerprint density at radius 2 is 1.80 bits per heavy atom. The molecule has 2 unspecified atom stereocenters. The molecule has 4 heterocycles. The fourth-order valence-electron chi connectivity index (χ4n) is 4.58. The van der Waals surface area contributed by atoms with Crippen molar-refractivity contribution in [3.8, 4) is 11.1 Å². The van der Waals surface area contributed by atoms with Crippen molar-refractivity contribution in [1.82, 2.24) is 15.3 Å². The molecule has 2 bridgehead atoms. The molecule has 2 aromatic heterocycles. The second kappa shape index (κ2) is 5.66. The highest BCUT2D eigenvalue weighted by molar-refractivity contribution is 9.10. The van der Waals surface area contributed by atoms with Crippen molar-refractivity contribution in [3.05, 3.63) is 52.8 Å². The van der Waals surface area contributed by atoms with E-state index < -0.39 is 5.60 Å². The summed E-state index contributed by atoms with van der Waals surface area (Å²) in [6.45, 7) is 0. The molecule has 25 heavy (non-hydrogen) atoms. The number of aliphatic hydroxyl groups is 1. The molecule has 0 saturated carbocycles. The molecule has 2 saturated heterocycles. The van der Waals surface area contributed by atoms with Gasteiger partial charge in [-0.3, -0.25) is 0 Å². The van der Waals surface area contributed by atoms with Crippen molar-refractivity contribution in [2.24, 2.45) is 0 Å². The molecule has 128 valence electrons. The molecule has 3 N–H and O–H groups in total. The summed E-state index contributed by atoms with van der Waals surface area (Å²) in [6.07, 6.45) is 7.73. The van der Waals surface area contributed by atoms with Gasteiger partial charge in [0.05, 0.1) is 5.60 Å². The Hall–Kier alpha value is -1.69. The number of aromatic amines is 1. The average molecular weight is 398 g/mol. The molecular formula is C20H20BrN3O. The minimum absolute atomic E-state index is 0.457. The molecule has 0 spiro atoms. The number of nitrogens with zero attached hydrogens (tertiary/aromatic N) is 1. The van der Waals surface area contributed by atoms with Gasteiger partial charge in [-0.25, -0.2) is 4.98 Å². The largest absolute Gasteiger partial charge is 0.385 e. The molecule has 0 radical (unpaired) electrons. The number of pyridine rings is 1. The Labute approximate surface area is 154 Å². The number of H-pyrrole nitrogens is 1. The molecule has 5 rings (SSSR count). The van der Waals surface area contributed by atoms with E-state index in [1.54, 1.807) is 0 Å². The minimum atomic E-state index is -0.697. The fourth-order valence-corrected chi connectivity index (χ4v) is 5.09. The highest BCUT2D eigenvalue weighted by Crippen LogP contribution is 2.41. The summed E-state index contributed by atoms with van der Waals surface area (Å²) in [5, 5.41) is 15.9. The standard InChI is InChI=1S/C20H20BrN3O/c21-17-11-23-19-18(17)16(7-8-22-19)12-1-3-13(4-2-12)20(25)9-14-5-6-15(10-20)24-14/h1-4,7-8,11,14-15,24-25H,5-6,9-10H2,(H,22,23). The zero-order valence-electron chi connectivity index (χ0n) is 13.8. The van der Waals surface area contributed by atoms with Crippen LogP contribution in [-0.2, 0) is 5.60 Å². The van der Waals surface area contributed by atoms with E-state index in [4.69, 9.17) is 0 Å². The van der Waals surface area contributed by atoms with Crippen LogP contribution in [0.3, 0.4) is 0 Å². The van der Waals surface area contributed by atoms with Crippen LogP contribution in [0.5, 0.6) is 0 Å². The average Bonchev–Trinajstić information content (AvgIpc) is 3.18. The summed E-state index contributed by atoms with van der Waals surface area (Å²) in [5.74, 6) is 0. The Balaban J connectivity index is 1.52. The molecule has 0 aliphatic carbocycles. The summed E-state index contributed by atoms with van der Waals surface area (Å²) in [7, 11) is 0. The highest BCUT2D eigenvalue weighted by atomic mass is 79.9. The first kappa shape index (κ1) is 15.6. The number of hydrogen-bond donors (Lipinski definition) is 3. The summed E-state index contributed by atoms with van der Waals surface area (Å²) < 4.78 is 1.02. The monoisotopic (exact) mass is 397 g/mol. The summed E-state index contributed by atoms with van der Waals surface area (Å²) in [6, 6.07) is 11.4. The van der Waals surface area contributed by atoms with Crippen LogP contribution in [0.1, 0.15) is 31.2 Å². The summed E-state index contributed by atoms with van der Waals surface area (Å²) >= 11 is 3.60. The third-order valence-corrected chi connectivity index (χ3v) is 6.39. The number of hydrogen-bond acceptors (Lipinski definition) is 3. The molecule has 0 amide bonds. The molecule has 4 nitrogen and oxygen atoms in total. The number of halogens is 1. The van der Waals surface area contributed by atoms with Crippen molar-refractivity contribution >= 4 is 27.0 Å². The molecule has 2 atom stereocenters. The second-order valence-corrected chi connectivity index (χ2v) is 8.23. The van der Waals surface area contributed by atoms with Gasteiger partial charge < -0.3 is 15.4 Å². The Morgan fingerprint density at radius 3 is 2.52 bits per heavy atom. The van der Waals surface area contributed by atoms with Crippen molar-refractivity contribution in [3.63, 3.8) is 0 Å². The maximum atomic E-state index is 11.2. The Morgan fingerprint density at radius 1 is 1.08 bits per heavy atom. The van der Waals surface area contributed by atoms with Crippen LogP contribution in [0, 0.1) is 0 Å². The van der Waals surface area contributed by atoms with Gasteiger partial charge >= 0.3 is 0 Å². The predicted octanol–water partition coefficient (Wildman–Crippen LogP) is 4.09. The highest BCUT2D eigenvalue weighted by Gasteiger charge is 2.43. The lowest BCUT2D eigenvalue weighted by atomic mass is 9.81. The van der Waals surface area contributed by atoms with Crippen LogP contribution in [0.15, 0.2) is 47.2 Å². The van der Waals surface area contributed by atoms with Gasteiger partial charge in [0.1, 0.15) is 5.65 Å². The van der Waals surface area contributed by atoms with Crippen LogP contribution in [0.2, 0.25) is 0 Å². The Kier molecular flexibility index (Phi) is 3.52. The maximum Gasteiger partial charge on any atom is 0.139 e. The smallest absolute Gasteiger partial charge is 0.139 e. The quantitative estimate of drug-likeness (QED) is 0.609.